The molecule has 1 aromatic heterocycles. The van der Waals surface area contributed by atoms with Gasteiger partial charge < -0.3 is 0 Å². The Morgan fingerprint density at radius 2 is 2.50 bits per heavy atom. The van der Waals surface area contributed by atoms with Crippen molar-refractivity contribution in [2.24, 2.45) is 0 Å². The highest BCUT2D eigenvalue weighted by molar-refractivity contribution is 7.10. The molecule has 0 N–H and O–H groups in total. The van der Waals surface area contributed by atoms with Gasteiger partial charge in [-0.3, -0.25) is 4.90 Å². The van der Waals surface area contributed by atoms with E-state index in [1.807, 2.05) is 11.3 Å². The molecular formula is C12H19NS. The molecule has 1 fully saturated rings. The summed E-state index contributed by atoms with van der Waals surface area (Å²) in [4.78, 5) is 4.23. The van der Waals surface area contributed by atoms with Crippen LogP contribution in [0.5, 0.6) is 0 Å². The SMILES string of the molecule is CCCCN1CCC[C@@H]1c1cccs1. The zero-order valence-electron chi connectivity index (χ0n) is 8.91. The standard InChI is InChI=1S/C12H19NS/c1-2-3-8-13-9-4-6-11(13)12-7-5-10-14-12/h5,7,10-11H,2-4,6,8-9H2,1H3/t11-/m1/s1. The molecule has 0 bridgehead atoms. The number of hydrogen-bond donors (Lipinski definition) is 0. The zero-order valence-corrected chi connectivity index (χ0v) is 9.72. The lowest BCUT2D eigenvalue weighted by Crippen LogP contribution is -2.23. The molecule has 2 heteroatoms. The van der Waals surface area contributed by atoms with Crippen molar-refractivity contribution < 1.29 is 0 Å². The molecule has 2 heterocycles. The van der Waals surface area contributed by atoms with Gasteiger partial charge in [0.05, 0.1) is 0 Å². The Balaban J connectivity index is 1.97. The first-order valence-corrected chi connectivity index (χ1v) is 6.57. The van der Waals surface area contributed by atoms with Gasteiger partial charge in [-0.1, -0.05) is 19.4 Å². The van der Waals surface area contributed by atoms with Crippen LogP contribution in [0.3, 0.4) is 0 Å². The lowest BCUT2D eigenvalue weighted by atomic mass is 10.2. The fourth-order valence-corrected chi connectivity index (χ4v) is 3.15. The second-order valence-electron chi connectivity index (χ2n) is 4.06. The van der Waals surface area contributed by atoms with E-state index < -0.39 is 0 Å². The van der Waals surface area contributed by atoms with Gasteiger partial charge in [-0.05, 0) is 43.8 Å². The molecule has 0 saturated carbocycles. The number of thiophene rings is 1. The first-order chi connectivity index (χ1) is 6.92. The normalized spacial score (nSPS) is 23.1. The fraction of sp³-hybridized carbons (Fsp3) is 0.667. The van der Waals surface area contributed by atoms with Crippen LogP contribution in [0.4, 0.5) is 0 Å². The third-order valence-electron chi connectivity index (χ3n) is 3.03. The van der Waals surface area contributed by atoms with Crippen molar-refractivity contribution in [3.63, 3.8) is 0 Å². The van der Waals surface area contributed by atoms with E-state index in [0.717, 1.165) is 6.04 Å². The molecule has 1 aromatic rings. The average Bonchev–Trinajstić information content (AvgIpc) is 2.84. The summed E-state index contributed by atoms with van der Waals surface area (Å²) in [6.45, 7) is 4.87. The Morgan fingerprint density at radius 1 is 1.57 bits per heavy atom. The van der Waals surface area contributed by atoms with Crippen LogP contribution in [0.2, 0.25) is 0 Å². The van der Waals surface area contributed by atoms with Gasteiger partial charge in [0, 0.05) is 10.9 Å². The topological polar surface area (TPSA) is 3.24 Å². The number of nitrogens with zero attached hydrogens (tertiary/aromatic N) is 1. The molecule has 1 aliphatic heterocycles. The smallest absolute Gasteiger partial charge is 0.0441 e. The van der Waals surface area contributed by atoms with Gasteiger partial charge in [-0.25, -0.2) is 0 Å². The van der Waals surface area contributed by atoms with Gasteiger partial charge in [-0.2, -0.15) is 0 Å². The minimum atomic E-state index is 0.738. The number of rotatable bonds is 4. The summed E-state index contributed by atoms with van der Waals surface area (Å²) >= 11 is 1.92. The van der Waals surface area contributed by atoms with E-state index in [4.69, 9.17) is 0 Å². The van der Waals surface area contributed by atoms with Crippen LogP contribution in [-0.4, -0.2) is 18.0 Å². The van der Waals surface area contributed by atoms with Crippen LogP contribution < -0.4 is 0 Å². The van der Waals surface area contributed by atoms with E-state index in [2.05, 4.69) is 29.3 Å². The van der Waals surface area contributed by atoms with Crippen molar-refractivity contribution in [3.8, 4) is 0 Å². The summed E-state index contributed by atoms with van der Waals surface area (Å²) in [5.74, 6) is 0. The molecule has 78 valence electrons. The fourth-order valence-electron chi connectivity index (χ4n) is 2.26. The predicted molar refractivity (Wildman–Crippen MR) is 62.8 cm³/mol. The lowest BCUT2D eigenvalue weighted by molar-refractivity contribution is 0.256. The molecule has 0 aromatic carbocycles. The minimum Gasteiger partial charge on any atom is -0.296 e. The maximum atomic E-state index is 2.66. The van der Waals surface area contributed by atoms with Crippen molar-refractivity contribution in [1.82, 2.24) is 4.90 Å². The first kappa shape index (κ1) is 10.2. The first-order valence-electron chi connectivity index (χ1n) is 5.69. The number of unbranched alkanes of at least 4 members (excludes halogenated alkanes) is 1. The Kier molecular flexibility index (Phi) is 3.60. The van der Waals surface area contributed by atoms with Gasteiger partial charge in [0.15, 0.2) is 0 Å². The predicted octanol–water partition coefficient (Wildman–Crippen LogP) is 3.69. The van der Waals surface area contributed by atoms with Crippen LogP contribution in [0.15, 0.2) is 17.5 Å². The lowest BCUT2D eigenvalue weighted by Gasteiger charge is -2.23. The van der Waals surface area contributed by atoms with Crippen LogP contribution in [0, 0.1) is 0 Å². The third-order valence-corrected chi connectivity index (χ3v) is 4.01. The van der Waals surface area contributed by atoms with E-state index in [-0.39, 0.29) is 0 Å². The van der Waals surface area contributed by atoms with Crippen LogP contribution in [0.25, 0.3) is 0 Å². The van der Waals surface area contributed by atoms with Crippen LogP contribution >= 0.6 is 11.3 Å². The Labute approximate surface area is 90.7 Å². The number of likely N-dealkylation sites (tertiary alicyclic amines) is 1. The molecule has 0 amide bonds. The molecule has 1 atom stereocenters. The van der Waals surface area contributed by atoms with Crippen molar-refractivity contribution >= 4 is 11.3 Å². The van der Waals surface area contributed by atoms with Crippen LogP contribution in [0.1, 0.15) is 43.5 Å². The Hall–Kier alpha value is -0.340. The van der Waals surface area contributed by atoms with Crippen molar-refractivity contribution in [2.75, 3.05) is 13.1 Å². The monoisotopic (exact) mass is 209 g/mol. The highest BCUT2D eigenvalue weighted by Crippen LogP contribution is 2.34. The summed E-state index contributed by atoms with van der Waals surface area (Å²) < 4.78 is 0. The van der Waals surface area contributed by atoms with Gasteiger partial charge in [0.1, 0.15) is 0 Å². The molecule has 1 aliphatic rings. The molecule has 0 unspecified atom stereocenters. The van der Waals surface area contributed by atoms with Crippen molar-refractivity contribution in [3.05, 3.63) is 22.4 Å². The van der Waals surface area contributed by atoms with E-state index in [0.29, 0.717) is 0 Å². The maximum absolute atomic E-state index is 2.66. The van der Waals surface area contributed by atoms with Crippen LogP contribution in [-0.2, 0) is 0 Å². The molecule has 1 saturated heterocycles. The molecule has 1 nitrogen and oxygen atoms in total. The third kappa shape index (κ3) is 2.18. The summed E-state index contributed by atoms with van der Waals surface area (Å²) in [5.41, 5.74) is 0. The minimum absolute atomic E-state index is 0.738. The summed E-state index contributed by atoms with van der Waals surface area (Å²) in [6.07, 6.45) is 5.41. The molecule has 14 heavy (non-hydrogen) atoms. The van der Waals surface area contributed by atoms with Gasteiger partial charge in [0.25, 0.3) is 0 Å². The van der Waals surface area contributed by atoms with Gasteiger partial charge in [-0.15, -0.1) is 11.3 Å². The van der Waals surface area contributed by atoms with E-state index >= 15 is 0 Å². The van der Waals surface area contributed by atoms with E-state index in [1.165, 1.54) is 38.8 Å². The van der Waals surface area contributed by atoms with E-state index in [9.17, 15) is 0 Å². The summed E-state index contributed by atoms with van der Waals surface area (Å²) in [7, 11) is 0. The Morgan fingerprint density at radius 3 is 3.21 bits per heavy atom. The second-order valence-corrected chi connectivity index (χ2v) is 5.04. The zero-order chi connectivity index (χ0) is 9.80. The summed E-state index contributed by atoms with van der Waals surface area (Å²) in [5, 5.41) is 2.20. The highest BCUT2D eigenvalue weighted by Gasteiger charge is 2.25. The summed E-state index contributed by atoms with van der Waals surface area (Å²) in [6, 6.07) is 5.21. The highest BCUT2D eigenvalue weighted by atomic mass is 32.1. The molecule has 2 rings (SSSR count). The number of hydrogen-bond acceptors (Lipinski definition) is 2. The van der Waals surface area contributed by atoms with Gasteiger partial charge in [0.2, 0.25) is 0 Å². The van der Waals surface area contributed by atoms with E-state index in [1.54, 1.807) is 4.88 Å². The van der Waals surface area contributed by atoms with Crippen molar-refractivity contribution in [1.29, 1.82) is 0 Å². The average molecular weight is 209 g/mol. The molecular weight excluding hydrogens is 190 g/mol. The molecule has 0 radical (unpaired) electrons. The maximum Gasteiger partial charge on any atom is 0.0441 e. The molecule has 0 aliphatic carbocycles. The second kappa shape index (κ2) is 4.94. The Bertz CT molecular complexity index is 255. The molecule has 0 spiro atoms. The quantitative estimate of drug-likeness (QED) is 0.731. The largest absolute Gasteiger partial charge is 0.296 e. The van der Waals surface area contributed by atoms with Gasteiger partial charge >= 0.3 is 0 Å². The van der Waals surface area contributed by atoms with Crippen molar-refractivity contribution in [2.45, 2.75) is 38.6 Å².